The fourth-order valence-electron chi connectivity index (χ4n) is 3.36. The molecule has 6 nitrogen and oxygen atoms in total. The number of ether oxygens (including phenoxy) is 1. The Bertz CT molecular complexity index is 762. The molecule has 0 bridgehead atoms. The van der Waals surface area contributed by atoms with Gasteiger partial charge in [-0.15, -0.1) is 0 Å². The number of nitrogens with one attached hydrogen (secondary N) is 1. The minimum Gasteiger partial charge on any atom is -0.383 e. The van der Waals surface area contributed by atoms with Crippen LogP contribution >= 0.6 is 0 Å². The Hall–Kier alpha value is -2.41. The number of benzene rings is 1. The van der Waals surface area contributed by atoms with Crippen LogP contribution in [0.5, 0.6) is 0 Å². The van der Waals surface area contributed by atoms with Crippen LogP contribution in [0.2, 0.25) is 0 Å². The molecule has 2 aromatic rings. The lowest BCUT2D eigenvalue weighted by Gasteiger charge is -2.18. The van der Waals surface area contributed by atoms with E-state index >= 15 is 0 Å². The number of anilines is 1. The van der Waals surface area contributed by atoms with Gasteiger partial charge in [0, 0.05) is 45.1 Å². The number of carbonyl (C=O) groups excluding carboxylic acids is 1. The summed E-state index contributed by atoms with van der Waals surface area (Å²) in [6.45, 7) is 4.78. The summed E-state index contributed by atoms with van der Waals surface area (Å²) >= 11 is 0. The summed E-state index contributed by atoms with van der Waals surface area (Å²) in [5.41, 5.74) is 1.33. The highest BCUT2D eigenvalue weighted by atomic mass is 19.1. The third kappa shape index (κ3) is 4.22. The molecule has 2 heterocycles. The monoisotopic (exact) mass is 360 g/mol. The number of para-hydroxylation sites is 1. The van der Waals surface area contributed by atoms with E-state index in [9.17, 15) is 9.18 Å². The quantitative estimate of drug-likeness (QED) is 0.861. The van der Waals surface area contributed by atoms with Crippen molar-refractivity contribution >= 4 is 11.7 Å². The zero-order chi connectivity index (χ0) is 18.5. The van der Waals surface area contributed by atoms with Crippen molar-refractivity contribution < 1.29 is 13.9 Å². The molecule has 1 aromatic heterocycles. The van der Waals surface area contributed by atoms with E-state index in [1.165, 1.54) is 6.07 Å². The van der Waals surface area contributed by atoms with Gasteiger partial charge in [0.1, 0.15) is 11.6 Å². The molecule has 26 heavy (non-hydrogen) atoms. The van der Waals surface area contributed by atoms with Gasteiger partial charge in [0.25, 0.3) is 0 Å². The lowest BCUT2D eigenvalue weighted by atomic mass is 10.0. The van der Waals surface area contributed by atoms with Crippen molar-refractivity contribution in [3.8, 4) is 0 Å². The summed E-state index contributed by atoms with van der Waals surface area (Å²) in [4.78, 5) is 18.7. The van der Waals surface area contributed by atoms with Crippen molar-refractivity contribution in [2.45, 2.75) is 26.3 Å². The third-order valence-electron chi connectivity index (χ3n) is 4.82. The van der Waals surface area contributed by atoms with Crippen LogP contribution in [0.25, 0.3) is 0 Å². The second-order valence-electron chi connectivity index (χ2n) is 6.68. The molecule has 3 rings (SSSR count). The highest BCUT2D eigenvalue weighted by Crippen LogP contribution is 2.22. The molecule has 1 unspecified atom stereocenters. The maximum atomic E-state index is 13.7. The lowest BCUT2D eigenvalue weighted by Crippen LogP contribution is -2.33. The van der Waals surface area contributed by atoms with Crippen LogP contribution in [0.3, 0.4) is 0 Å². The van der Waals surface area contributed by atoms with Crippen LogP contribution in [0.1, 0.15) is 17.9 Å². The van der Waals surface area contributed by atoms with Crippen molar-refractivity contribution in [3.63, 3.8) is 0 Å². The van der Waals surface area contributed by atoms with Crippen molar-refractivity contribution in [3.05, 3.63) is 47.8 Å². The van der Waals surface area contributed by atoms with E-state index in [1.807, 2.05) is 13.1 Å². The zero-order valence-electron chi connectivity index (χ0n) is 15.2. The lowest BCUT2D eigenvalue weighted by molar-refractivity contribution is 0.185. The van der Waals surface area contributed by atoms with E-state index in [-0.39, 0.29) is 11.7 Å². The number of urea groups is 1. The first-order chi connectivity index (χ1) is 12.6. The molecule has 1 saturated heterocycles. The van der Waals surface area contributed by atoms with Crippen LogP contribution in [0.15, 0.2) is 30.5 Å². The Morgan fingerprint density at radius 1 is 1.42 bits per heavy atom. The Kier molecular flexibility index (Phi) is 5.88. The number of imidazole rings is 1. The molecule has 1 aliphatic rings. The highest BCUT2D eigenvalue weighted by molar-refractivity contribution is 5.89. The first kappa shape index (κ1) is 18.4. The van der Waals surface area contributed by atoms with E-state index in [0.717, 1.165) is 30.9 Å². The molecule has 140 valence electrons. The first-order valence-electron chi connectivity index (χ1n) is 8.89. The van der Waals surface area contributed by atoms with Crippen LogP contribution < -0.4 is 5.32 Å². The second kappa shape index (κ2) is 8.31. The van der Waals surface area contributed by atoms with Gasteiger partial charge < -0.3 is 19.5 Å². The fourth-order valence-corrected chi connectivity index (χ4v) is 3.36. The zero-order valence-corrected chi connectivity index (χ0v) is 15.2. The Balaban J connectivity index is 1.57. The molecule has 1 aromatic carbocycles. The van der Waals surface area contributed by atoms with Crippen LogP contribution in [-0.4, -0.2) is 47.3 Å². The fraction of sp³-hybridized carbons (Fsp3) is 0.474. The number of carbonyl (C=O) groups is 1. The maximum absolute atomic E-state index is 13.7. The summed E-state index contributed by atoms with van der Waals surface area (Å²) in [5, 5.41) is 2.65. The van der Waals surface area contributed by atoms with E-state index in [0.29, 0.717) is 25.6 Å². The Morgan fingerprint density at radius 2 is 2.23 bits per heavy atom. The van der Waals surface area contributed by atoms with E-state index in [4.69, 9.17) is 4.74 Å². The number of amides is 2. The normalized spacial score (nSPS) is 16.9. The second-order valence-corrected chi connectivity index (χ2v) is 6.68. The van der Waals surface area contributed by atoms with Gasteiger partial charge in [-0.2, -0.15) is 0 Å². The standard InChI is InChI=1S/C19H25FN4O2/c1-14-12-21-18(24(14)9-10-26-2)11-15-7-8-23(13-15)19(25)22-17-6-4-3-5-16(17)20/h3-6,12,15H,7-11,13H2,1-2H3,(H,22,25). The molecule has 7 heteroatoms. The minimum atomic E-state index is -0.424. The molecular weight excluding hydrogens is 335 g/mol. The average Bonchev–Trinajstić information content (AvgIpc) is 3.23. The number of halogens is 1. The maximum Gasteiger partial charge on any atom is 0.321 e. The Morgan fingerprint density at radius 3 is 3.00 bits per heavy atom. The van der Waals surface area contributed by atoms with Gasteiger partial charge in [0.05, 0.1) is 12.3 Å². The van der Waals surface area contributed by atoms with Gasteiger partial charge in [-0.3, -0.25) is 0 Å². The SMILES string of the molecule is COCCn1c(C)cnc1CC1CCN(C(=O)Nc2ccccc2F)C1. The van der Waals surface area contributed by atoms with Crippen molar-refractivity contribution in [1.29, 1.82) is 0 Å². The summed E-state index contributed by atoms with van der Waals surface area (Å²) in [6.07, 6.45) is 3.62. The number of aromatic nitrogens is 2. The summed E-state index contributed by atoms with van der Waals surface area (Å²) in [6, 6.07) is 5.95. The van der Waals surface area contributed by atoms with E-state index in [2.05, 4.69) is 14.9 Å². The predicted octanol–water partition coefficient (Wildman–Crippen LogP) is 3.07. The van der Waals surface area contributed by atoms with Gasteiger partial charge in [0.15, 0.2) is 0 Å². The average molecular weight is 360 g/mol. The molecular formula is C19H25FN4O2. The number of rotatable bonds is 6. The summed E-state index contributed by atoms with van der Waals surface area (Å²) in [7, 11) is 1.69. The third-order valence-corrected chi connectivity index (χ3v) is 4.82. The summed E-state index contributed by atoms with van der Waals surface area (Å²) in [5.74, 6) is 0.956. The molecule has 0 aliphatic carbocycles. The molecule has 0 spiro atoms. The van der Waals surface area contributed by atoms with Crippen LogP contribution in [0.4, 0.5) is 14.9 Å². The largest absolute Gasteiger partial charge is 0.383 e. The first-order valence-corrected chi connectivity index (χ1v) is 8.89. The molecule has 2 amide bonds. The smallest absolute Gasteiger partial charge is 0.321 e. The van der Waals surface area contributed by atoms with Crippen molar-refractivity contribution in [1.82, 2.24) is 14.5 Å². The van der Waals surface area contributed by atoms with Gasteiger partial charge in [-0.05, 0) is 31.4 Å². The molecule has 0 radical (unpaired) electrons. The Labute approximate surface area is 153 Å². The molecule has 0 saturated carbocycles. The number of nitrogens with zero attached hydrogens (tertiary/aromatic N) is 3. The topological polar surface area (TPSA) is 59.4 Å². The molecule has 1 aliphatic heterocycles. The number of hydrogen-bond donors (Lipinski definition) is 1. The highest BCUT2D eigenvalue weighted by Gasteiger charge is 2.28. The van der Waals surface area contributed by atoms with Crippen molar-refractivity contribution in [2.24, 2.45) is 5.92 Å². The number of likely N-dealkylation sites (tertiary alicyclic amines) is 1. The minimum absolute atomic E-state index is 0.215. The van der Waals surface area contributed by atoms with Crippen LogP contribution in [-0.2, 0) is 17.7 Å². The number of methoxy groups -OCH3 is 1. The van der Waals surface area contributed by atoms with E-state index in [1.54, 1.807) is 30.2 Å². The number of hydrogen-bond acceptors (Lipinski definition) is 3. The van der Waals surface area contributed by atoms with Gasteiger partial charge in [-0.1, -0.05) is 12.1 Å². The molecule has 1 fully saturated rings. The van der Waals surface area contributed by atoms with Gasteiger partial charge in [-0.25, -0.2) is 14.2 Å². The van der Waals surface area contributed by atoms with Gasteiger partial charge >= 0.3 is 6.03 Å². The molecule has 1 N–H and O–H groups in total. The molecule has 1 atom stereocenters. The van der Waals surface area contributed by atoms with E-state index < -0.39 is 5.82 Å². The number of aryl methyl sites for hydroxylation is 1. The van der Waals surface area contributed by atoms with Crippen LogP contribution in [0, 0.1) is 18.7 Å². The summed E-state index contributed by atoms with van der Waals surface area (Å²) < 4.78 is 21.0. The van der Waals surface area contributed by atoms with Crippen molar-refractivity contribution in [2.75, 3.05) is 32.1 Å². The predicted molar refractivity (Wildman–Crippen MR) is 97.6 cm³/mol. The van der Waals surface area contributed by atoms with Gasteiger partial charge in [0.2, 0.25) is 0 Å².